The summed E-state index contributed by atoms with van der Waals surface area (Å²) >= 11 is 0. The van der Waals surface area contributed by atoms with Crippen LogP contribution in [0.15, 0.2) is 29.2 Å². The third-order valence-electron chi connectivity index (χ3n) is 4.50. The number of hydrogen-bond donors (Lipinski definition) is 1. The molecule has 0 unspecified atom stereocenters. The van der Waals surface area contributed by atoms with E-state index < -0.39 is 10.0 Å². The molecule has 6 nitrogen and oxygen atoms in total. The Kier molecular flexibility index (Phi) is 6.98. The molecule has 7 heteroatoms. The molecule has 0 saturated carbocycles. The number of likely N-dealkylation sites (N-methyl/N-ethyl adjacent to an activating group) is 1. The van der Waals surface area contributed by atoms with Crippen LogP contribution in [-0.2, 0) is 14.8 Å². The molecule has 25 heavy (non-hydrogen) atoms. The maximum atomic E-state index is 12.7. The van der Waals surface area contributed by atoms with Crippen LogP contribution >= 0.6 is 0 Å². The Morgan fingerprint density at radius 3 is 2.52 bits per heavy atom. The van der Waals surface area contributed by atoms with Crippen molar-refractivity contribution in [1.82, 2.24) is 9.62 Å². The van der Waals surface area contributed by atoms with E-state index in [1.165, 1.54) is 12.1 Å². The van der Waals surface area contributed by atoms with E-state index in [1.54, 1.807) is 17.0 Å². The van der Waals surface area contributed by atoms with E-state index >= 15 is 0 Å². The van der Waals surface area contributed by atoms with Crippen LogP contribution < -0.4 is 4.72 Å². The number of nitrogens with zero attached hydrogens (tertiary/aromatic N) is 1. The maximum Gasteiger partial charge on any atom is 0.253 e. The van der Waals surface area contributed by atoms with Gasteiger partial charge in [0, 0.05) is 31.3 Å². The van der Waals surface area contributed by atoms with Gasteiger partial charge in [0.05, 0.1) is 11.0 Å². The van der Waals surface area contributed by atoms with Crippen LogP contribution in [0.5, 0.6) is 0 Å². The zero-order valence-electron chi connectivity index (χ0n) is 15.2. The highest BCUT2D eigenvalue weighted by atomic mass is 32.2. The van der Waals surface area contributed by atoms with Crippen molar-refractivity contribution in [1.29, 1.82) is 0 Å². The van der Waals surface area contributed by atoms with Gasteiger partial charge in [0.2, 0.25) is 10.0 Å². The standard InChI is InChI=1S/C18H28N2O4S/c1-4-14(3)19-25(22,23)17-10-8-15(9-11-17)18(21)20(5-2)13-16-7-6-12-24-16/h8-11,14,16,19H,4-7,12-13H2,1-3H3/t14-,16-/m1/s1. The minimum Gasteiger partial charge on any atom is -0.376 e. The first-order chi connectivity index (χ1) is 11.9. The highest BCUT2D eigenvalue weighted by Gasteiger charge is 2.23. The van der Waals surface area contributed by atoms with Gasteiger partial charge in [-0.05, 0) is 57.4 Å². The van der Waals surface area contributed by atoms with Gasteiger partial charge < -0.3 is 9.64 Å². The van der Waals surface area contributed by atoms with Crippen molar-refractivity contribution >= 4 is 15.9 Å². The fourth-order valence-electron chi connectivity index (χ4n) is 2.77. The number of nitrogens with one attached hydrogen (secondary N) is 1. The highest BCUT2D eigenvalue weighted by Crippen LogP contribution is 2.17. The molecular formula is C18H28N2O4S. The molecule has 0 spiro atoms. The van der Waals surface area contributed by atoms with E-state index in [1.807, 2.05) is 20.8 Å². The molecule has 2 rings (SSSR count). The Bertz CT molecular complexity index is 667. The molecule has 1 aromatic rings. The molecule has 0 radical (unpaired) electrons. The lowest BCUT2D eigenvalue weighted by molar-refractivity contribution is 0.0539. The second kappa shape index (κ2) is 8.78. The Morgan fingerprint density at radius 2 is 2.00 bits per heavy atom. The number of rotatable bonds is 8. The molecular weight excluding hydrogens is 340 g/mol. The van der Waals surface area contributed by atoms with E-state index in [4.69, 9.17) is 4.74 Å². The molecule has 1 aromatic carbocycles. The molecule has 1 N–H and O–H groups in total. The van der Waals surface area contributed by atoms with Gasteiger partial charge in [0.25, 0.3) is 5.91 Å². The number of amides is 1. The quantitative estimate of drug-likeness (QED) is 0.764. The highest BCUT2D eigenvalue weighted by molar-refractivity contribution is 7.89. The van der Waals surface area contributed by atoms with Crippen molar-refractivity contribution < 1.29 is 17.9 Å². The molecule has 2 atom stereocenters. The number of ether oxygens (including phenoxy) is 1. The Labute approximate surface area is 150 Å². The summed E-state index contributed by atoms with van der Waals surface area (Å²) in [7, 11) is -3.55. The second-order valence-electron chi connectivity index (χ2n) is 6.43. The first kappa shape index (κ1) is 19.9. The smallest absolute Gasteiger partial charge is 0.253 e. The van der Waals surface area contributed by atoms with E-state index in [0.717, 1.165) is 19.4 Å². The van der Waals surface area contributed by atoms with Gasteiger partial charge in [-0.2, -0.15) is 0 Å². The van der Waals surface area contributed by atoms with Gasteiger partial charge in [-0.1, -0.05) is 6.92 Å². The van der Waals surface area contributed by atoms with Crippen molar-refractivity contribution in [2.24, 2.45) is 0 Å². The van der Waals surface area contributed by atoms with Gasteiger partial charge in [0.15, 0.2) is 0 Å². The normalized spacial score (nSPS) is 18.9. The van der Waals surface area contributed by atoms with Crippen LogP contribution in [0.2, 0.25) is 0 Å². The second-order valence-corrected chi connectivity index (χ2v) is 8.15. The summed E-state index contributed by atoms with van der Waals surface area (Å²) in [5.74, 6) is -0.100. The van der Waals surface area contributed by atoms with Gasteiger partial charge in [0.1, 0.15) is 0 Å². The first-order valence-electron chi connectivity index (χ1n) is 8.90. The largest absolute Gasteiger partial charge is 0.376 e. The van der Waals surface area contributed by atoms with Crippen LogP contribution in [0.25, 0.3) is 0 Å². The molecule has 0 bridgehead atoms. The summed E-state index contributed by atoms with van der Waals surface area (Å²) in [6.45, 7) is 7.59. The summed E-state index contributed by atoms with van der Waals surface area (Å²) in [5, 5.41) is 0. The molecule has 1 amide bonds. The third kappa shape index (κ3) is 5.26. The van der Waals surface area contributed by atoms with Crippen LogP contribution in [0.3, 0.4) is 0 Å². The predicted octanol–water partition coefficient (Wildman–Crippen LogP) is 2.40. The predicted molar refractivity (Wildman–Crippen MR) is 97.1 cm³/mol. The van der Waals surface area contributed by atoms with Crippen molar-refractivity contribution in [3.05, 3.63) is 29.8 Å². The molecule has 1 heterocycles. The number of sulfonamides is 1. The zero-order chi connectivity index (χ0) is 18.4. The van der Waals surface area contributed by atoms with Crippen molar-refractivity contribution in [3.8, 4) is 0 Å². The fraction of sp³-hybridized carbons (Fsp3) is 0.611. The molecule has 0 aliphatic carbocycles. The van der Waals surface area contributed by atoms with E-state index in [0.29, 0.717) is 25.1 Å². The summed E-state index contributed by atoms with van der Waals surface area (Å²) in [4.78, 5) is 14.6. The van der Waals surface area contributed by atoms with E-state index in [-0.39, 0.29) is 22.9 Å². The number of benzene rings is 1. The average molecular weight is 368 g/mol. The maximum absolute atomic E-state index is 12.7. The van der Waals surface area contributed by atoms with Crippen molar-refractivity contribution in [2.45, 2.75) is 57.1 Å². The minimum atomic E-state index is -3.55. The lowest BCUT2D eigenvalue weighted by atomic mass is 10.1. The van der Waals surface area contributed by atoms with Gasteiger partial charge in [-0.15, -0.1) is 0 Å². The minimum absolute atomic E-state index is 0.100. The Morgan fingerprint density at radius 1 is 1.32 bits per heavy atom. The first-order valence-corrected chi connectivity index (χ1v) is 10.4. The molecule has 1 saturated heterocycles. The molecule has 140 valence electrons. The lowest BCUT2D eigenvalue weighted by Gasteiger charge is -2.24. The van der Waals surface area contributed by atoms with Crippen molar-refractivity contribution in [2.75, 3.05) is 19.7 Å². The summed E-state index contributed by atoms with van der Waals surface area (Å²) in [6.07, 6.45) is 2.82. The number of carbonyl (C=O) groups excluding carboxylic acids is 1. The average Bonchev–Trinajstić information content (AvgIpc) is 3.12. The van der Waals surface area contributed by atoms with Gasteiger partial charge >= 0.3 is 0 Å². The fourth-order valence-corrected chi connectivity index (χ4v) is 4.09. The Balaban J connectivity index is 2.08. The molecule has 0 aromatic heterocycles. The lowest BCUT2D eigenvalue weighted by Crippen LogP contribution is -2.37. The number of hydrogen-bond acceptors (Lipinski definition) is 4. The summed E-state index contributed by atoms with van der Waals surface area (Å²) < 4.78 is 32.8. The molecule has 1 aliphatic rings. The van der Waals surface area contributed by atoms with Gasteiger partial charge in [-0.25, -0.2) is 13.1 Å². The van der Waals surface area contributed by atoms with Gasteiger partial charge in [-0.3, -0.25) is 4.79 Å². The van der Waals surface area contributed by atoms with Crippen LogP contribution in [-0.4, -0.2) is 51.1 Å². The van der Waals surface area contributed by atoms with Crippen LogP contribution in [0.1, 0.15) is 50.4 Å². The Hall–Kier alpha value is -1.44. The monoisotopic (exact) mass is 368 g/mol. The van der Waals surface area contributed by atoms with E-state index in [9.17, 15) is 13.2 Å². The summed E-state index contributed by atoms with van der Waals surface area (Å²) in [6, 6.07) is 5.99. The molecule has 1 fully saturated rings. The zero-order valence-corrected chi connectivity index (χ0v) is 16.0. The topological polar surface area (TPSA) is 75.7 Å². The third-order valence-corrected chi connectivity index (χ3v) is 6.10. The van der Waals surface area contributed by atoms with Crippen LogP contribution in [0.4, 0.5) is 0 Å². The molecule has 1 aliphatic heterocycles. The van der Waals surface area contributed by atoms with E-state index in [2.05, 4.69) is 4.72 Å². The number of carbonyl (C=O) groups is 1. The van der Waals surface area contributed by atoms with Crippen LogP contribution in [0, 0.1) is 0 Å². The van der Waals surface area contributed by atoms with Crippen molar-refractivity contribution in [3.63, 3.8) is 0 Å². The SMILES string of the molecule is CC[C@@H](C)NS(=O)(=O)c1ccc(C(=O)N(CC)C[C@H]2CCCO2)cc1. The summed E-state index contributed by atoms with van der Waals surface area (Å²) in [5.41, 5.74) is 0.488.